The van der Waals surface area contributed by atoms with Crippen LogP contribution in [0.25, 0.3) is 11.3 Å². The Morgan fingerprint density at radius 2 is 2.04 bits per heavy atom. The Bertz CT molecular complexity index is 927. The lowest BCUT2D eigenvalue weighted by Crippen LogP contribution is -2.20. The van der Waals surface area contributed by atoms with Crippen LogP contribution in [0.15, 0.2) is 47.8 Å². The second-order valence-corrected chi connectivity index (χ2v) is 6.35. The van der Waals surface area contributed by atoms with Crippen molar-refractivity contribution in [2.75, 3.05) is 19.0 Å². The fourth-order valence-electron chi connectivity index (χ4n) is 2.31. The molecule has 0 fully saturated rings. The molecule has 1 aromatic heterocycles. The van der Waals surface area contributed by atoms with Crippen molar-refractivity contribution in [1.82, 2.24) is 4.98 Å². The van der Waals surface area contributed by atoms with E-state index >= 15 is 0 Å². The summed E-state index contributed by atoms with van der Waals surface area (Å²) < 4.78 is 24.2. The molecule has 7 heteroatoms. The van der Waals surface area contributed by atoms with Crippen molar-refractivity contribution in [2.45, 2.75) is 6.92 Å². The predicted molar refractivity (Wildman–Crippen MR) is 99.4 cm³/mol. The lowest BCUT2D eigenvalue weighted by atomic mass is 10.1. The molecule has 0 bridgehead atoms. The van der Waals surface area contributed by atoms with Crippen LogP contribution in [0.1, 0.15) is 5.56 Å². The minimum Gasteiger partial charge on any atom is -0.494 e. The van der Waals surface area contributed by atoms with Crippen LogP contribution in [0.2, 0.25) is 0 Å². The van der Waals surface area contributed by atoms with E-state index in [1.165, 1.54) is 30.6 Å². The van der Waals surface area contributed by atoms with Crippen molar-refractivity contribution in [1.29, 1.82) is 0 Å². The Balaban J connectivity index is 1.62. The third-order valence-corrected chi connectivity index (χ3v) is 4.41. The first kappa shape index (κ1) is 17.9. The van der Waals surface area contributed by atoms with E-state index in [4.69, 9.17) is 9.47 Å². The van der Waals surface area contributed by atoms with Gasteiger partial charge in [0.1, 0.15) is 5.75 Å². The van der Waals surface area contributed by atoms with Gasteiger partial charge in [-0.1, -0.05) is 18.2 Å². The number of nitrogens with one attached hydrogen (secondary N) is 1. The number of amides is 1. The number of para-hydroxylation sites is 1. The van der Waals surface area contributed by atoms with Crippen LogP contribution in [-0.2, 0) is 4.79 Å². The van der Waals surface area contributed by atoms with Crippen molar-refractivity contribution in [3.05, 3.63) is 59.2 Å². The molecular formula is C19H17FN2O3S. The molecule has 1 heterocycles. The largest absolute Gasteiger partial charge is 0.494 e. The van der Waals surface area contributed by atoms with Gasteiger partial charge in [0.15, 0.2) is 23.3 Å². The standard InChI is InChI=1S/C19H17FN2O3S/c1-12-5-3-4-6-16(12)25-10-18(23)22-19-21-15(11-26-19)13-7-8-17(24-2)14(20)9-13/h3-9,11H,10H2,1-2H3,(H,21,22,23). The third kappa shape index (κ3) is 4.18. The van der Waals surface area contributed by atoms with E-state index in [9.17, 15) is 9.18 Å². The van der Waals surface area contributed by atoms with Gasteiger partial charge in [0, 0.05) is 10.9 Å². The van der Waals surface area contributed by atoms with Gasteiger partial charge in [0.2, 0.25) is 0 Å². The second kappa shape index (κ2) is 7.97. The number of halogens is 1. The highest BCUT2D eigenvalue weighted by molar-refractivity contribution is 7.14. The number of carbonyl (C=O) groups is 1. The molecule has 2 aromatic carbocycles. The first-order valence-corrected chi connectivity index (χ1v) is 8.72. The van der Waals surface area contributed by atoms with Gasteiger partial charge in [-0.15, -0.1) is 11.3 Å². The summed E-state index contributed by atoms with van der Waals surface area (Å²) in [6, 6.07) is 12.1. The number of rotatable bonds is 6. The van der Waals surface area contributed by atoms with Crippen LogP contribution in [0.5, 0.6) is 11.5 Å². The maximum absolute atomic E-state index is 13.8. The molecule has 1 N–H and O–H groups in total. The molecule has 0 aliphatic carbocycles. The van der Waals surface area contributed by atoms with Crippen LogP contribution < -0.4 is 14.8 Å². The van der Waals surface area contributed by atoms with E-state index in [2.05, 4.69) is 10.3 Å². The highest BCUT2D eigenvalue weighted by atomic mass is 32.1. The number of ether oxygens (including phenoxy) is 2. The topological polar surface area (TPSA) is 60.5 Å². The smallest absolute Gasteiger partial charge is 0.264 e. The number of hydrogen-bond acceptors (Lipinski definition) is 5. The molecule has 3 aromatic rings. The molecule has 5 nitrogen and oxygen atoms in total. The van der Waals surface area contributed by atoms with E-state index in [0.717, 1.165) is 5.56 Å². The average Bonchev–Trinajstić information content (AvgIpc) is 3.09. The molecule has 134 valence electrons. The number of aryl methyl sites for hydroxylation is 1. The first-order chi connectivity index (χ1) is 12.6. The zero-order chi connectivity index (χ0) is 18.5. The van der Waals surface area contributed by atoms with Gasteiger partial charge in [-0.3, -0.25) is 10.1 Å². The molecule has 0 atom stereocenters. The molecule has 0 saturated carbocycles. The molecule has 3 rings (SSSR count). The molecule has 0 saturated heterocycles. The predicted octanol–water partition coefficient (Wildman–Crippen LogP) is 4.28. The van der Waals surface area contributed by atoms with Crippen molar-refractivity contribution in [3.63, 3.8) is 0 Å². The fourth-order valence-corrected chi connectivity index (χ4v) is 3.04. The number of hydrogen-bond donors (Lipinski definition) is 1. The number of methoxy groups -OCH3 is 1. The second-order valence-electron chi connectivity index (χ2n) is 5.49. The van der Waals surface area contributed by atoms with Crippen molar-refractivity contribution in [3.8, 4) is 22.8 Å². The summed E-state index contributed by atoms with van der Waals surface area (Å²) in [7, 11) is 1.41. The maximum Gasteiger partial charge on any atom is 0.264 e. The SMILES string of the molecule is COc1ccc(-c2csc(NC(=O)COc3ccccc3C)n2)cc1F. The van der Waals surface area contributed by atoms with E-state index in [-0.39, 0.29) is 18.3 Å². The Morgan fingerprint density at radius 1 is 1.23 bits per heavy atom. The quantitative estimate of drug-likeness (QED) is 0.701. The summed E-state index contributed by atoms with van der Waals surface area (Å²) in [5, 5.41) is 4.86. The number of thiazole rings is 1. The zero-order valence-electron chi connectivity index (χ0n) is 14.3. The normalized spacial score (nSPS) is 10.4. The molecule has 26 heavy (non-hydrogen) atoms. The van der Waals surface area contributed by atoms with Gasteiger partial charge < -0.3 is 9.47 Å². The summed E-state index contributed by atoms with van der Waals surface area (Å²) in [5.74, 6) is 0.0623. The summed E-state index contributed by atoms with van der Waals surface area (Å²) in [5.41, 5.74) is 2.14. The zero-order valence-corrected chi connectivity index (χ0v) is 15.1. The van der Waals surface area contributed by atoms with Gasteiger partial charge in [-0.25, -0.2) is 9.37 Å². The molecule has 0 spiro atoms. The first-order valence-electron chi connectivity index (χ1n) is 7.84. The highest BCUT2D eigenvalue weighted by Crippen LogP contribution is 2.28. The molecule has 0 aliphatic rings. The molecule has 0 aliphatic heterocycles. The summed E-state index contributed by atoms with van der Waals surface area (Å²) >= 11 is 1.26. The summed E-state index contributed by atoms with van der Waals surface area (Å²) in [6.07, 6.45) is 0. The summed E-state index contributed by atoms with van der Waals surface area (Å²) in [6.45, 7) is 1.80. The molecule has 0 radical (unpaired) electrons. The molecule has 1 amide bonds. The van der Waals surface area contributed by atoms with Crippen molar-refractivity contribution >= 4 is 22.4 Å². The molecular weight excluding hydrogens is 355 g/mol. The van der Waals surface area contributed by atoms with Gasteiger partial charge >= 0.3 is 0 Å². The monoisotopic (exact) mass is 372 g/mol. The van der Waals surface area contributed by atoms with E-state index in [0.29, 0.717) is 22.1 Å². The number of anilines is 1. The summed E-state index contributed by atoms with van der Waals surface area (Å²) in [4.78, 5) is 16.3. The lowest BCUT2D eigenvalue weighted by molar-refractivity contribution is -0.118. The highest BCUT2D eigenvalue weighted by Gasteiger charge is 2.11. The fraction of sp³-hybridized carbons (Fsp3) is 0.158. The van der Waals surface area contributed by atoms with Crippen LogP contribution in [0.4, 0.5) is 9.52 Å². The van der Waals surface area contributed by atoms with E-state index in [1.54, 1.807) is 11.4 Å². The minimum atomic E-state index is -0.463. The number of carbonyl (C=O) groups excluding carboxylic acids is 1. The molecule has 0 unspecified atom stereocenters. The van der Waals surface area contributed by atoms with E-state index < -0.39 is 5.82 Å². The minimum absolute atomic E-state index is 0.114. The third-order valence-electron chi connectivity index (χ3n) is 3.65. The van der Waals surface area contributed by atoms with Crippen molar-refractivity contribution in [2.24, 2.45) is 0 Å². The Labute approximate surface area is 154 Å². The lowest BCUT2D eigenvalue weighted by Gasteiger charge is -2.08. The Morgan fingerprint density at radius 3 is 2.77 bits per heavy atom. The van der Waals surface area contributed by atoms with Crippen LogP contribution in [0, 0.1) is 12.7 Å². The van der Waals surface area contributed by atoms with Crippen molar-refractivity contribution < 1.29 is 18.7 Å². The van der Waals surface area contributed by atoms with Crippen LogP contribution >= 0.6 is 11.3 Å². The number of nitrogens with zero attached hydrogens (tertiary/aromatic N) is 1. The Kier molecular flexibility index (Phi) is 5.48. The number of aromatic nitrogens is 1. The average molecular weight is 372 g/mol. The Hall–Kier alpha value is -2.93. The maximum atomic E-state index is 13.8. The van der Waals surface area contributed by atoms with Gasteiger partial charge in [-0.2, -0.15) is 0 Å². The van der Waals surface area contributed by atoms with Crippen LogP contribution in [0.3, 0.4) is 0 Å². The van der Waals surface area contributed by atoms with Gasteiger partial charge in [-0.05, 0) is 36.8 Å². The van der Waals surface area contributed by atoms with Gasteiger partial charge in [0.05, 0.1) is 12.8 Å². The van der Waals surface area contributed by atoms with E-state index in [1.807, 2.05) is 31.2 Å². The number of benzene rings is 2. The van der Waals surface area contributed by atoms with Gasteiger partial charge in [0.25, 0.3) is 5.91 Å². The van der Waals surface area contributed by atoms with Crippen LogP contribution in [-0.4, -0.2) is 24.6 Å².